The largest absolute Gasteiger partial charge is 0.310 e. The Balaban J connectivity index is 1.56. The molecule has 27 heavy (non-hydrogen) atoms. The molecule has 0 saturated carbocycles. The van der Waals surface area contributed by atoms with Crippen LogP contribution in [0.3, 0.4) is 0 Å². The zero-order valence-electron chi connectivity index (χ0n) is 15.4. The number of hydrogen-bond donors (Lipinski definition) is 2. The second-order valence-corrected chi connectivity index (χ2v) is 7.71. The Bertz CT molecular complexity index is 1010. The summed E-state index contributed by atoms with van der Waals surface area (Å²) in [7, 11) is 0. The topological polar surface area (TPSA) is 77.7 Å². The van der Waals surface area contributed by atoms with Gasteiger partial charge in [-0.3, -0.25) is 14.8 Å². The molecule has 3 heterocycles. The number of nitrogens with zero attached hydrogens (tertiary/aromatic N) is 3. The van der Waals surface area contributed by atoms with E-state index >= 15 is 0 Å². The van der Waals surface area contributed by atoms with Crippen molar-refractivity contribution in [3.05, 3.63) is 68.5 Å². The molecule has 0 aliphatic carbocycles. The van der Waals surface area contributed by atoms with Gasteiger partial charge < -0.3 is 4.98 Å². The molecule has 0 bridgehead atoms. The van der Waals surface area contributed by atoms with E-state index in [9.17, 15) is 4.79 Å². The minimum atomic E-state index is -0.0153. The summed E-state index contributed by atoms with van der Waals surface area (Å²) in [5.41, 5.74) is 4.83. The zero-order chi connectivity index (χ0) is 19.0. The van der Waals surface area contributed by atoms with E-state index in [1.165, 1.54) is 0 Å². The van der Waals surface area contributed by atoms with Gasteiger partial charge in [-0.1, -0.05) is 37.6 Å². The molecular weight excluding hydrogens is 362 g/mol. The van der Waals surface area contributed by atoms with Crippen molar-refractivity contribution in [2.75, 3.05) is 6.54 Å². The van der Waals surface area contributed by atoms with Crippen LogP contribution in [-0.2, 0) is 19.5 Å². The van der Waals surface area contributed by atoms with Crippen molar-refractivity contribution in [3.8, 4) is 11.3 Å². The monoisotopic (exact) mass is 383 g/mol. The predicted molar refractivity (Wildman–Crippen MR) is 106 cm³/mol. The summed E-state index contributed by atoms with van der Waals surface area (Å²) in [6.07, 6.45) is 2.64. The summed E-state index contributed by atoms with van der Waals surface area (Å²) in [6, 6.07) is 7.70. The third-order valence-electron chi connectivity index (χ3n) is 4.96. The number of nitrogens with one attached hydrogen (secondary N) is 2. The van der Waals surface area contributed by atoms with Crippen molar-refractivity contribution >= 4 is 11.6 Å². The van der Waals surface area contributed by atoms with Crippen LogP contribution >= 0.6 is 11.6 Å². The molecule has 0 amide bonds. The Kier molecular flexibility index (Phi) is 4.85. The lowest BCUT2D eigenvalue weighted by Crippen LogP contribution is -2.36. The van der Waals surface area contributed by atoms with E-state index in [0.29, 0.717) is 11.6 Å². The minimum Gasteiger partial charge on any atom is -0.310 e. The molecule has 6 nitrogen and oxygen atoms in total. The van der Waals surface area contributed by atoms with Crippen LogP contribution in [0.15, 0.2) is 35.3 Å². The van der Waals surface area contributed by atoms with Gasteiger partial charge in [0.05, 0.1) is 23.1 Å². The van der Waals surface area contributed by atoms with Crippen molar-refractivity contribution in [1.82, 2.24) is 25.1 Å². The molecule has 4 rings (SSSR count). The average Bonchev–Trinajstić information content (AvgIpc) is 3.10. The lowest BCUT2D eigenvalue weighted by molar-refractivity contribution is 0.241. The molecule has 1 aliphatic heterocycles. The first-order chi connectivity index (χ1) is 13.0. The van der Waals surface area contributed by atoms with Crippen LogP contribution < -0.4 is 5.56 Å². The van der Waals surface area contributed by atoms with Crippen LogP contribution in [0.5, 0.6) is 0 Å². The fourth-order valence-electron chi connectivity index (χ4n) is 3.45. The highest BCUT2D eigenvalue weighted by Gasteiger charge is 2.23. The van der Waals surface area contributed by atoms with Gasteiger partial charge in [0.15, 0.2) is 0 Å². The smallest absolute Gasteiger partial charge is 0.255 e. The van der Waals surface area contributed by atoms with Crippen LogP contribution in [0, 0.1) is 0 Å². The molecule has 3 aromatic rings. The molecule has 7 heteroatoms. The van der Waals surface area contributed by atoms with Crippen LogP contribution in [0.2, 0.25) is 5.02 Å². The maximum atomic E-state index is 12.5. The Morgan fingerprint density at radius 3 is 2.78 bits per heavy atom. The maximum absolute atomic E-state index is 12.5. The van der Waals surface area contributed by atoms with Gasteiger partial charge in [0.1, 0.15) is 5.82 Å². The molecule has 140 valence electrons. The minimum absolute atomic E-state index is 0.0153. The van der Waals surface area contributed by atoms with E-state index in [2.05, 4.69) is 25.1 Å². The van der Waals surface area contributed by atoms with E-state index in [0.717, 1.165) is 53.4 Å². The first kappa shape index (κ1) is 17.9. The van der Waals surface area contributed by atoms with Gasteiger partial charge in [0, 0.05) is 42.6 Å². The Morgan fingerprint density at radius 2 is 2.04 bits per heavy atom. The highest BCUT2D eigenvalue weighted by Crippen LogP contribution is 2.25. The molecule has 0 atom stereocenters. The van der Waals surface area contributed by atoms with Crippen molar-refractivity contribution in [2.45, 2.75) is 39.3 Å². The molecule has 2 aromatic heterocycles. The summed E-state index contributed by atoms with van der Waals surface area (Å²) in [4.78, 5) is 22.4. The second-order valence-electron chi connectivity index (χ2n) is 7.27. The molecule has 1 aromatic carbocycles. The summed E-state index contributed by atoms with van der Waals surface area (Å²) >= 11 is 5.99. The van der Waals surface area contributed by atoms with E-state index in [1.54, 1.807) is 0 Å². The number of aromatic nitrogens is 4. The van der Waals surface area contributed by atoms with Crippen molar-refractivity contribution < 1.29 is 0 Å². The number of aromatic amines is 2. The predicted octanol–water partition coefficient (Wildman–Crippen LogP) is 3.50. The third kappa shape index (κ3) is 3.68. The Morgan fingerprint density at radius 1 is 1.26 bits per heavy atom. The number of halogens is 1. The van der Waals surface area contributed by atoms with Crippen LogP contribution in [0.25, 0.3) is 11.3 Å². The van der Waals surface area contributed by atoms with Gasteiger partial charge in [-0.05, 0) is 17.7 Å². The summed E-state index contributed by atoms with van der Waals surface area (Å²) < 4.78 is 0. The lowest BCUT2D eigenvalue weighted by Gasteiger charge is -2.27. The molecule has 0 unspecified atom stereocenters. The van der Waals surface area contributed by atoms with E-state index < -0.39 is 0 Å². The van der Waals surface area contributed by atoms with Crippen LogP contribution in [0.4, 0.5) is 0 Å². The SMILES string of the molecule is CC(C)c1nc2c(c(=O)[nH]1)CN(Cc1cn[nH]c1-c1ccc(Cl)cc1)CC2. The molecule has 2 N–H and O–H groups in total. The van der Waals surface area contributed by atoms with Gasteiger partial charge in [-0.25, -0.2) is 4.98 Å². The third-order valence-corrected chi connectivity index (χ3v) is 5.21. The highest BCUT2D eigenvalue weighted by atomic mass is 35.5. The second kappa shape index (κ2) is 7.29. The van der Waals surface area contributed by atoms with Crippen LogP contribution in [0.1, 0.15) is 42.4 Å². The lowest BCUT2D eigenvalue weighted by atomic mass is 10.0. The number of benzene rings is 1. The van der Waals surface area contributed by atoms with E-state index in [-0.39, 0.29) is 11.5 Å². The van der Waals surface area contributed by atoms with Gasteiger partial charge in [0.25, 0.3) is 5.56 Å². The zero-order valence-corrected chi connectivity index (χ0v) is 16.2. The molecule has 0 spiro atoms. The van der Waals surface area contributed by atoms with E-state index in [1.807, 2.05) is 44.3 Å². The highest BCUT2D eigenvalue weighted by molar-refractivity contribution is 6.30. The van der Waals surface area contributed by atoms with Gasteiger partial charge >= 0.3 is 0 Å². The summed E-state index contributed by atoms with van der Waals surface area (Å²) in [5.74, 6) is 0.987. The quantitative estimate of drug-likeness (QED) is 0.722. The summed E-state index contributed by atoms with van der Waals surface area (Å²) in [5, 5.41) is 8.00. The molecule has 0 radical (unpaired) electrons. The number of H-pyrrole nitrogens is 2. The normalized spacial score (nSPS) is 14.5. The summed E-state index contributed by atoms with van der Waals surface area (Å²) in [6.45, 7) is 6.26. The number of hydrogen-bond acceptors (Lipinski definition) is 4. The first-order valence-corrected chi connectivity index (χ1v) is 9.51. The van der Waals surface area contributed by atoms with Gasteiger partial charge in [-0.15, -0.1) is 0 Å². The Labute approximate surface area is 162 Å². The fourth-order valence-corrected chi connectivity index (χ4v) is 3.57. The number of fused-ring (bicyclic) bond motifs is 1. The van der Waals surface area contributed by atoms with Crippen molar-refractivity contribution in [2.24, 2.45) is 0 Å². The molecule has 0 saturated heterocycles. The first-order valence-electron chi connectivity index (χ1n) is 9.13. The van der Waals surface area contributed by atoms with Crippen molar-refractivity contribution in [1.29, 1.82) is 0 Å². The van der Waals surface area contributed by atoms with Crippen molar-refractivity contribution in [3.63, 3.8) is 0 Å². The van der Waals surface area contributed by atoms with E-state index in [4.69, 9.17) is 11.6 Å². The standard InChI is InChI=1S/C20H22ClN5O/c1-12(2)19-23-17-7-8-26(11-16(17)20(27)24-19)10-14-9-22-25-18(14)13-3-5-15(21)6-4-13/h3-6,9,12H,7-8,10-11H2,1-2H3,(H,22,25)(H,23,24,27). The van der Waals surface area contributed by atoms with Crippen LogP contribution in [-0.4, -0.2) is 31.6 Å². The fraction of sp³-hybridized carbons (Fsp3) is 0.350. The Hall–Kier alpha value is -2.44. The molecule has 0 fully saturated rings. The average molecular weight is 384 g/mol. The maximum Gasteiger partial charge on any atom is 0.255 e. The molecule has 1 aliphatic rings. The van der Waals surface area contributed by atoms with Gasteiger partial charge in [-0.2, -0.15) is 5.10 Å². The number of rotatable bonds is 4. The van der Waals surface area contributed by atoms with Gasteiger partial charge in [0.2, 0.25) is 0 Å². The molecular formula is C20H22ClN5O.